The van der Waals surface area contributed by atoms with Gasteiger partial charge >= 0.3 is 5.97 Å². The van der Waals surface area contributed by atoms with E-state index in [-0.39, 0.29) is 12.2 Å². The Hall–Kier alpha value is -2.08. The molecule has 6 heteroatoms. The van der Waals surface area contributed by atoms with Crippen molar-refractivity contribution in [2.45, 2.75) is 26.3 Å². The highest BCUT2D eigenvalue weighted by atomic mass is 32.1. The number of benzene rings is 1. The van der Waals surface area contributed by atoms with Crippen molar-refractivity contribution in [2.24, 2.45) is 5.73 Å². The van der Waals surface area contributed by atoms with E-state index in [0.717, 1.165) is 31.5 Å². The van der Waals surface area contributed by atoms with E-state index in [2.05, 4.69) is 5.32 Å². The number of hydrogen-bond donors (Lipinski definition) is 2. The maximum absolute atomic E-state index is 12.3. The van der Waals surface area contributed by atoms with Crippen molar-refractivity contribution in [2.75, 3.05) is 19.7 Å². The lowest BCUT2D eigenvalue weighted by atomic mass is 10.2. The molecule has 23 heavy (non-hydrogen) atoms. The molecular formula is C17H23N3O2S. The summed E-state index contributed by atoms with van der Waals surface area (Å²) in [6.45, 7) is 4.28. The van der Waals surface area contributed by atoms with Gasteiger partial charge in [0.15, 0.2) is 0 Å². The summed E-state index contributed by atoms with van der Waals surface area (Å²) in [4.78, 5) is 14.6. The largest absolute Gasteiger partial charge is 0.462 e. The van der Waals surface area contributed by atoms with E-state index in [1.165, 1.54) is 0 Å². The van der Waals surface area contributed by atoms with E-state index in [4.69, 9.17) is 22.7 Å². The molecule has 3 N–H and O–H groups in total. The summed E-state index contributed by atoms with van der Waals surface area (Å²) in [6.07, 6.45) is 2.14. The number of rotatable bonds is 6. The number of hydrogen-bond acceptors (Lipinski definition) is 5. The van der Waals surface area contributed by atoms with E-state index in [9.17, 15) is 4.79 Å². The van der Waals surface area contributed by atoms with Crippen molar-refractivity contribution in [1.82, 2.24) is 10.2 Å². The van der Waals surface area contributed by atoms with E-state index in [0.29, 0.717) is 17.4 Å². The molecule has 0 unspecified atom stereocenters. The molecule has 0 saturated carbocycles. The number of esters is 1. The lowest BCUT2D eigenvalue weighted by Crippen LogP contribution is -2.35. The topological polar surface area (TPSA) is 67.6 Å². The lowest BCUT2D eigenvalue weighted by molar-refractivity contribution is -0.138. The van der Waals surface area contributed by atoms with Crippen LogP contribution in [0.4, 0.5) is 0 Å². The molecule has 0 radical (unpaired) electrons. The predicted octanol–water partition coefficient (Wildman–Crippen LogP) is 1.93. The molecule has 0 aromatic heterocycles. The number of carbonyl (C=O) groups is 1. The van der Waals surface area contributed by atoms with Crippen molar-refractivity contribution >= 4 is 23.2 Å². The Labute approximate surface area is 142 Å². The van der Waals surface area contributed by atoms with E-state index >= 15 is 0 Å². The Morgan fingerprint density at radius 2 is 1.96 bits per heavy atom. The van der Waals surface area contributed by atoms with Gasteiger partial charge in [0.25, 0.3) is 0 Å². The summed E-state index contributed by atoms with van der Waals surface area (Å²) < 4.78 is 5.13. The maximum Gasteiger partial charge on any atom is 0.344 e. The number of ether oxygens (including phenoxy) is 1. The Kier molecular flexibility index (Phi) is 6.40. The molecule has 1 aromatic rings. The monoisotopic (exact) mass is 333 g/mol. The molecule has 0 atom stereocenters. The third kappa shape index (κ3) is 4.69. The summed E-state index contributed by atoms with van der Waals surface area (Å²) in [5.74, 6) is -0.0611. The molecule has 0 bridgehead atoms. The smallest absolute Gasteiger partial charge is 0.344 e. The lowest BCUT2D eigenvalue weighted by Gasteiger charge is -2.21. The highest BCUT2D eigenvalue weighted by Crippen LogP contribution is 2.16. The Balaban J connectivity index is 2.13. The molecule has 1 aliphatic heterocycles. The van der Waals surface area contributed by atoms with Crippen molar-refractivity contribution < 1.29 is 9.53 Å². The Morgan fingerprint density at radius 1 is 1.30 bits per heavy atom. The summed E-state index contributed by atoms with van der Waals surface area (Å²) in [7, 11) is 0. The van der Waals surface area contributed by atoms with Crippen LogP contribution in [0.2, 0.25) is 0 Å². The van der Waals surface area contributed by atoms with Crippen LogP contribution >= 0.6 is 12.2 Å². The molecule has 0 aliphatic carbocycles. The van der Waals surface area contributed by atoms with Crippen molar-refractivity contribution in [3.05, 3.63) is 47.3 Å². The average molecular weight is 333 g/mol. The van der Waals surface area contributed by atoms with Gasteiger partial charge in [0.2, 0.25) is 0 Å². The van der Waals surface area contributed by atoms with Gasteiger partial charge in [-0.15, -0.1) is 0 Å². The third-order valence-corrected chi connectivity index (χ3v) is 4.05. The first kappa shape index (κ1) is 17.3. The van der Waals surface area contributed by atoms with Crippen LogP contribution in [0.25, 0.3) is 0 Å². The van der Waals surface area contributed by atoms with Gasteiger partial charge < -0.3 is 20.7 Å². The predicted molar refractivity (Wildman–Crippen MR) is 94.5 cm³/mol. The highest BCUT2D eigenvalue weighted by Gasteiger charge is 2.25. The first-order chi connectivity index (χ1) is 11.1. The quantitative estimate of drug-likeness (QED) is 0.471. The van der Waals surface area contributed by atoms with Crippen LogP contribution in [0, 0.1) is 0 Å². The summed E-state index contributed by atoms with van der Waals surface area (Å²) in [5, 5.41) is 3.11. The minimum absolute atomic E-state index is 0.264. The van der Waals surface area contributed by atoms with Gasteiger partial charge in [0.05, 0.1) is 6.61 Å². The first-order valence-corrected chi connectivity index (χ1v) is 8.28. The summed E-state index contributed by atoms with van der Waals surface area (Å²) in [6, 6.07) is 9.86. The van der Waals surface area contributed by atoms with Gasteiger partial charge in [0.1, 0.15) is 16.4 Å². The fourth-order valence-corrected chi connectivity index (χ4v) is 2.76. The molecule has 5 nitrogen and oxygen atoms in total. The summed E-state index contributed by atoms with van der Waals surface area (Å²) in [5.41, 5.74) is 7.55. The molecule has 1 saturated heterocycles. The second-order valence-corrected chi connectivity index (χ2v) is 5.75. The van der Waals surface area contributed by atoms with Crippen LogP contribution in [0.3, 0.4) is 0 Å². The minimum atomic E-state index is -0.470. The van der Waals surface area contributed by atoms with Crippen LogP contribution in [0.15, 0.2) is 41.7 Å². The molecule has 1 aliphatic rings. The number of nitrogens with one attached hydrogen (secondary N) is 1. The van der Waals surface area contributed by atoms with Gasteiger partial charge in [-0.05, 0) is 25.3 Å². The third-order valence-electron chi connectivity index (χ3n) is 3.71. The Bertz CT molecular complexity index is 581. The number of nitrogens with two attached hydrogens (primary N) is 1. The highest BCUT2D eigenvalue weighted by molar-refractivity contribution is 7.80. The molecule has 124 valence electrons. The molecular weight excluding hydrogens is 310 g/mol. The molecule has 0 amide bonds. The van der Waals surface area contributed by atoms with Gasteiger partial charge in [0, 0.05) is 19.6 Å². The zero-order valence-corrected chi connectivity index (χ0v) is 14.2. The van der Waals surface area contributed by atoms with Crippen molar-refractivity contribution in [1.29, 1.82) is 0 Å². The fourth-order valence-electron chi connectivity index (χ4n) is 2.50. The van der Waals surface area contributed by atoms with Crippen LogP contribution in [-0.4, -0.2) is 35.6 Å². The normalized spacial score (nSPS) is 15.1. The molecule has 1 aromatic carbocycles. The standard InChI is InChI=1S/C17H23N3O2S/c1-2-22-17(21)14(15(18)20-10-6-7-11-20)16(23)19-12-13-8-4-3-5-9-13/h3-5,8-9H,2,6-7,10-12,18H2,1H3,(H,19,23)/b15-14-. The fraction of sp³-hybridized carbons (Fsp3) is 0.412. The van der Waals surface area contributed by atoms with Crippen LogP contribution < -0.4 is 11.1 Å². The minimum Gasteiger partial charge on any atom is -0.462 e. The first-order valence-electron chi connectivity index (χ1n) is 7.87. The summed E-state index contributed by atoms with van der Waals surface area (Å²) >= 11 is 5.40. The maximum atomic E-state index is 12.3. The zero-order valence-electron chi connectivity index (χ0n) is 13.4. The molecule has 2 rings (SSSR count). The van der Waals surface area contributed by atoms with E-state index < -0.39 is 5.97 Å². The SMILES string of the molecule is CCOC(=O)/C(C(=S)NCc1ccccc1)=C(/N)N1CCCC1. The molecule has 1 fully saturated rings. The van der Waals surface area contributed by atoms with Crippen molar-refractivity contribution in [3.63, 3.8) is 0 Å². The van der Waals surface area contributed by atoms with Gasteiger partial charge in [-0.3, -0.25) is 0 Å². The molecule has 1 heterocycles. The van der Waals surface area contributed by atoms with Crippen LogP contribution in [-0.2, 0) is 16.1 Å². The second kappa shape index (κ2) is 8.53. The van der Waals surface area contributed by atoms with Gasteiger partial charge in [-0.25, -0.2) is 4.79 Å². The Morgan fingerprint density at radius 3 is 2.57 bits per heavy atom. The number of nitrogens with zero attached hydrogens (tertiary/aromatic N) is 1. The number of likely N-dealkylation sites (tertiary alicyclic amines) is 1. The average Bonchev–Trinajstić information content (AvgIpc) is 3.09. The number of carbonyl (C=O) groups excluding carboxylic acids is 1. The van der Waals surface area contributed by atoms with Crippen molar-refractivity contribution in [3.8, 4) is 0 Å². The van der Waals surface area contributed by atoms with E-state index in [1.54, 1.807) is 6.92 Å². The second-order valence-electron chi connectivity index (χ2n) is 5.34. The molecule has 0 spiro atoms. The number of thiocarbonyl (C=S) groups is 1. The van der Waals surface area contributed by atoms with Gasteiger partial charge in [-0.1, -0.05) is 42.5 Å². The van der Waals surface area contributed by atoms with Crippen LogP contribution in [0.1, 0.15) is 25.3 Å². The van der Waals surface area contributed by atoms with E-state index in [1.807, 2.05) is 35.2 Å². The zero-order chi connectivity index (χ0) is 16.7. The van der Waals surface area contributed by atoms with Gasteiger partial charge in [-0.2, -0.15) is 0 Å². The van der Waals surface area contributed by atoms with Crippen LogP contribution in [0.5, 0.6) is 0 Å².